The number of aryl methyl sites for hydroxylation is 4. The lowest BCUT2D eigenvalue weighted by molar-refractivity contribution is 0.352. The molecule has 146 valence electrons. The van der Waals surface area contributed by atoms with Crippen molar-refractivity contribution < 1.29 is 4.74 Å². The maximum Gasteiger partial charge on any atom is 0.119 e. The molecule has 2 aromatic heterocycles. The number of benzene rings is 2. The van der Waals surface area contributed by atoms with Crippen molar-refractivity contribution >= 4 is 21.8 Å². The van der Waals surface area contributed by atoms with Crippen LogP contribution in [0.1, 0.15) is 29.3 Å². The average molecular weight is 383 g/mol. The number of nitrogens with zero attached hydrogens (tertiary/aromatic N) is 2. The fourth-order valence-corrected chi connectivity index (χ4v) is 3.58. The molecule has 0 spiro atoms. The Kier molecular flexibility index (Phi) is 5.30. The Morgan fingerprint density at radius 2 is 1.69 bits per heavy atom. The van der Waals surface area contributed by atoms with E-state index in [0.29, 0.717) is 6.61 Å². The highest BCUT2D eigenvalue weighted by atomic mass is 16.5. The number of fused-ring (bicyclic) bond motifs is 3. The van der Waals surface area contributed by atoms with Crippen molar-refractivity contribution in [2.24, 2.45) is 0 Å². The number of hydrogen-bond acceptors (Lipinski definition) is 3. The molecule has 0 N–H and O–H groups in total. The summed E-state index contributed by atoms with van der Waals surface area (Å²) < 4.78 is 5.68. The minimum absolute atomic E-state index is 0.559. The van der Waals surface area contributed by atoms with E-state index in [4.69, 9.17) is 14.7 Å². The van der Waals surface area contributed by atoms with Crippen LogP contribution in [-0.2, 0) is 12.8 Å². The smallest absolute Gasteiger partial charge is 0.119 e. The lowest BCUT2D eigenvalue weighted by Gasteiger charge is -2.10. The Morgan fingerprint density at radius 1 is 0.931 bits per heavy atom. The number of pyridine rings is 2. The van der Waals surface area contributed by atoms with Crippen LogP contribution in [0.5, 0.6) is 5.75 Å². The van der Waals surface area contributed by atoms with Gasteiger partial charge in [0.25, 0.3) is 0 Å². The highest BCUT2D eigenvalue weighted by Gasteiger charge is 2.08. The molecule has 3 heteroatoms. The zero-order chi connectivity index (χ0) is 20.4. The number of rotatable bonds is 6. The van der Waals surface area contributed by atoms with Crippen molar-refractivity contribution in [3.8, 4) is 5.75 Å². The number of aromatic nitrogens is 2. The summed E-state index contributed by atoms with van der Waals surface area (Å²) in [6.07, 6.45) is 3.90. The lowest BCUT2D eigenvalue weighted by atomic mass is 10.0. The summed E-state index contributed by atoms with van der Waals surface area (Å²) in [5.74, 6) is 0.883. The van der Waals surface area contributed by atoms with Crippen LogP contribution in [-0.4, -0.2) is 16.6 Å². The SMILES string of the molecule is C=C(C)COc1ccc(CCc2cnc3c(C)nc4cc(C)ccc4c3c2)cc1. The van der Waals surface area contributed by atoms with Crippen LogP contribution < -0.4 is 4.74 Å². The van der Waals surface area contributed by atoms with E-state index in [1.165, 1.54) is 27.5 Å². The summed E-state index contributed by atoms with van der Waals surface area (Å²) in [5.41, 5.74) is 7.79. The second-order valence-electron chi connectivity index (χ2n) is 7.85. The fraction of sp³-hybridized carbons (Fsp3) is 0.231. The summed E-state index contributed by atoms with van der Waals surface area (Å²) in [6.45, 7) is 10.5. The van der Waals surface area contributed by atoms with Gasteiger partial charge in [0, 0.05) is 17.0 Å². The highest BCUT2D eigenvalue weighted by Crippen LogP contribution is 2.26. The predicted octanol–water partition coefficient (Wildman–Crippen LogP) is 6.14. The van der Waals surface area contributed by atoms with Gasteiger partial charge in [0.15, 0.2) is 0 Å². The van der Waals surface area contributed by atoms with E-state index in [9.17, 15) is 0 Å². The second-order valence-corrected chi connectivity index (χ2v) is 7.85. The van der Waals surface area contributed by atoms with Crippen LogP contribution in [0.15, 0.2) is 66.9 Å². The molecule has 0 aliphatic carbocycles. The minimum Gasteiger partial charge on any atom is -0.489 e. The molecular formula is C26H26N2O. The third-order valence-electron chi connectivity index (χ3n) is 5.13. The summed E-state index contributed by atoms with van der Waals surface area (Å²) >= 11 is 0. The van der Waals surface area contributed by atoms with Gasteiger partial charge in [0.1, 0.15) is 12.4 Å². The third kappa shape index (κ3) is 4.29. The topological polar surface area (TPSA) is 35.0 Å². The molecule has 2 heterocycles. The summed E-state index contributed by atoms with van der Waals surface area (Å²) in [6, 6.07) is 17.1. The van der Waals surface area contributed by atoms with E-state index in [0.717, 1.165) is 40.9 Å². The van der Waals surface area contributed by atoms with Crippen molar-refractivity contribution in [2.45, 2.75) is 33.6 Å². The van der Waals surface area contributed by atoms with Gasteiger partial charge in [-0.25, -0.2) is 0 Å². The fourth-order valence-electron chi connectivity index (χ4n) is 3.58. The maximum absolute atomic E-state index is 5.68. The monoisotopic (exact) mass is 382 g/mol. The number of ether oxygens (including phenoxy) is 1. The van der Waals surface area contributed by atoms with Crippen LogP contribution in [0.4, 0.5) is 0 Å². The van der Waals surface area contributed by atoms with E-state index >= 15 is 0 Å². The molecule has 0 amide bonds. The molecule has 0 unspecified atom stereocenters. The summed E-state index contributed by atoms with van der Waals surface area (Å²) in [4.78, 5) is 9.47. The van der Waals surface area contributed by atoms with Gasteiger partial charge < -0.3 is 4.74 Å². The Morgan fingerprint density at radius 3 is 2.45 bits per heavy atom. The summed E-state index contributed by atoms with van der Waals surface area (Å²) in [5, 5.41) is 2.36. The zero-order valence-electron chi connectivity index (χ0n) is 17.3. The van der Waals surface area contributed by atoms with Crippen molar-refractivity contribution in [3.05, 3.63) is 89.3 Å². The first kappa shape index (κ1) is 19.1. The van der Waals surface area contributed by atoms with E-state index < -0.39 is 0 Å². The Bertz CT molecular complexity index is 1190. The first-order valence-electron chi connectivity index (χ1n) is 10.0. The molecule has 0 radical (unpaired) electrons. The van der Waals surface area contributed by atoms with Gasteiger partial charge in [0.05, 0.1) is 16.7 Å². The minimum atomic E-state index is 0.559. The van der Waals surface area contributed by atoms with Crippen LogP contribution in [0.3, 0.4) is 0 Å². The predicted molar refractivity (Wildman–Crippen MR) is 121 cm³/mol. The van der Waals surface area contributed by atoms with Crippen molar-refractivity contribution in [1.29, 1.82) is 0 Å². The van der Waals surface area contributed by atoms with E-state index in [2.05, 4.69) is 49.9 Å². The molecule has 0 aliphatic rings. The first-order valence-corrected chi connectivity index (χ1v) is 10.0. The van der Waals surface area contributed by atoms with Gasteiger partial charge in [-0.05, 0) is 80.1 Å². The Balaban J connectivity index is 1.55. The van der Waals surface area contributed by atoms with Crippen molar-refractivity contribution in [1.82, 2.24) is 9.97 Å². The normalized spacial score (nSPS) is 11.1. The standard InChI is InChI=1S/C26H26N2O/c1-17(2)16-29-22-10-8-20(9-11-22)6-7-21-14-24-23-12-5-18(3)13-25(23)28-19(4)26(24)27-15-21/h5,8-15H,1,6-7,16H2,2-4H3. The molecule has 29 heavy (non-hydrogen) atoms. The second kappa shape index (κ2) is 8.04. The molecule has 0 saturated carbocycles. The molecule has 0 saturated heterocycles. The third-order valence-corrected chi connectivity index (χ3v) is 5.13. The van der Waals surface area contributed by atoms with E-state index in [1.807, 2.05) is 32.2 Å². The van der Waals surface area contributed by atoms with E-state index in [-0.39, 0.29) is 0 Å². The Hall–Kier alpha value is -3.20. The van der Waals surface area contributed by atoms with Gasteiger partial charge in [-0.3, -0.25) is 9.97 Å². The molecule has 3 nitrogen and oxygen atoms in total. The molecule has 4 rings (SSSR count). The van der Waals surface area contributed by atoms with Gasteiger partial charge >= 0.3 is 0 Å². The molecule has 0 bridgehead atoms. The molecule has 0 fully saturated rings. The largest absolute Gasteiger partial charge is 0.489 e. The van der Waals surface area contributed by atoms with Gasteiger partial charge in [-0.1, -0.05) is 30.8 Å². The van der Waals surface area contributed by atoms with Crippen LogP contribution >= 0.6 is 0 Å². The molecule has 4 aromatic rings. The Labute approximate surface area is 172 Å². The van der Waals surface area contributed by atoms with Crippen LogP contribution in [0.2, 0.25) is 0 Å². The quantitative estimate of drug-likeness (QED) is 0.297. The van der Waals surface area contributed by atoms with Gasteiger partial charge in [-0.2, -0.15) is 0 Å². The van der Waals surface area contributed by atoms with E-state index in [1.54, 1.807) is 0 Å². The average Bonchev–Trinajstić information content (AvgIpc) is 2.71. The molecular weight excluding hydrogens is 356 g/mol. The summed E-state index contributed by atoms with van der Waals surface area (Å²) in [7, 11) is 0. The zero-order valence-corrected chi connectivity index (χ0v) is 17.3. The van der Waals surface area contributed by atoms with Crippen molar-refractivity contribution in [3.63, 3.8) is 0 Å². The highest BCUT2D eigenvalue weighted by molar-refractivity contribution is 6.05. The van der Waals surface area contributed by atoms with Crippen LogP contribution in [0.25, 0.3) is 21.8 Å². The van der Waals surface area contributed by atoms with Gasteiger partial charge in [0.2, 0.25) is 0 Å². The van der Waals surface area contributed by atoms with Crippen LogP contribution in [0, 0.1) is 13.8 Å². The molecule has 0 atom stereocenters. The maximum atomic E-state index is 5.68. The molecule has 2 aromatic carbocycles. The number of hydrogen-bond donors (Lipinski definition) is 0. The van der Waals surface area contributed by atoms with Crippen molar-refractivity contribution in [2.75, 3.05) is 6.61 Å². The van der Waals surface area contributed by atoms with Gasteiger partial charge in [-0.15, -0.1) is 0 Å². The molecule has 0 aliphatic heterocycles. The first-order chi connectivity index (χ1) is 14.0. The lowest BCUT2D eigenvalue weighted by Crippen LogP contribution is -1.98.